The second-order valence-electron chi connectivity index (χ2n) is 5.62. The molecule has 0 aromatic heterocycles. The fourth-order valence-electron chi connectivity index (χ4n) is 2.86. The number of aromatic hydroxyl groups is 1. The molecular formula is C16H25Cl2F3N2O2. The molecule has 146 valence electrons. The van der Waals surface area contributed by atoms with Gasteiger partial charge in [0.15, 0.2) is 11.5 Å². The summed E-state index contributed by atoms with van der Waals surface area (Å²) in [5, 5.41) is 13.0. The standard InChI is InChI=1S/C16H23F3N2O2.2ClH/c1-2-23-15-11-12(3-4-14(15)22)13(5-6-16(17,18)19)21-9-7-20-8-10-21;;/h3-4,11,13,20,22H,2,5-10H2,1H3;2*1H/t13-;;/m0../s1. The summed E-state index contributed by atoms with van der Waals surface area (Å²) in [7, 11) is 0. The van der Waals surface area contributed by atoms with Gasteiger partial charge in [-0.05, 0) is 31.0 Å². The molecule has 1 saturated heterocycles. The van der Waals surface area contributed by atoms with Crippen molar-refractivity contribution >= 4 is 24.8 Å². The van der Waals surface area contributed by atoms with Gasteiger partial charge < -0.3 is 15.2 Å². The van der Waals surface area contributed by atoms with Crippen LogP contribution in [0.2, 0.25) is 0 Å². The van der Waals surface area contributed by atoms with E-state index in [1.165, 1.54) is 6.07 Å². The highest BCUT2D eigenvalue weighted by atomic mass is 35.5. The highest BCUT2D eigenvalue weighted by Crippen LogP contribution is 2.35. The highest BCUT2D eigenvalue weighted by Gasteiger charge is 2.31. The number of nitrogens with zero attached hydrogens (tertiary/aromatic N) is 1. The fourth-order valence-corrected chi connectivity index (χ4v) is 2.86. The molecule has 1 aromatic carbocycles. The maximum Gasteiger partial charge on any atom is 0.389 e. The minimum Gasteiger partial charge on any atom is -0.504 e. The molecule has 1 aliphatic rings. The van der Waals surface area contributed by atoms with Crippen molar-refractivity contribution in [2.75, 3.05) is 32.8 Å². The number of hydrogen-bond donors (Lipinski definition) is 2. The van der Waals surface area contributed by atoms with Crippen LogP contribution in [0.3, 0.4) is 0 Å². The Morgan fingerprint density at radius 2 is 1.88 bits per heavy atom. The first-order valence-corrected chi connectivity index (χ1v) is 7.88. The van der Waals surface area contributed by atoms with Gasteiger partial charge in [0.1, 0.15) is 0 Å². The van der Waals surface area contributed by atoms with Crippen LogP contribution < -0.4 is 10.1 Å². The van der Waals surface area contributed by atoms with E-state index in [0.29, 0.717) is 25.4 Å². The van der Waals surface area contributed by atoms with E-state index in [9.17, 15) is 18.3 Å². The second kappa shape index (κ2) is 11.0. The van der Waals surface area contributed by atoms with Crippen molar-refractivity contribution in [3.63, 3.8) is 0 Å². The van der Waals surface area contributed by atoms with Gasteiger partial charge in [0.2, 0.25) is 0 Å². The summed E-state index contributed by atoms with van der Waals surface area (Å²) in [5.41, 5.74) is 0.748. The van der Waals surface area contributed by atoms with Gasteiger partial charge >= 0.3 is 6.18 Å². The first-order chi connectivity index (χ1) is 10.9. The molecule has 0 radical (unpaired) electrons. The summed E-state index contributed by atoms with van der Waals surface area (Å²) in [4.78, 5) is 2.06. The molecule has 1 atom stereocenters. The van der Waals surface area contributed by atoms with Gasteiger partial charge in [-0.2, -0.15) is 13.2 Å². The summed E-state index contributed by atoms with van der Waals surface area (Å²) in [6.45, 7) is 5.11. The summed E-state index contributed by atoms with van der Waals surface area (Å²) in [6, 6.07) is 4.49. The Labute approximate surface area is 158 Å². The summed E-state index contributed by atoms with van der Waals surface area (Å²) in [5.74, 6) is 0.322. The lowest BCUT2D eigenvalue weighted by molar-refractivity contribution is -0.138. The van der Waals surface area contributed by atoms with Crippen LogP contribution in [0.5, 0.6) is 11.5 Å². The predicted molar refractivity (Wildman–Crippen MR) is 96.2 cm³/mol. The van der Waals surface area contributed by atoms with Gasteiger partial charge in [-0.15, -0.1) is 24.8 Å². The van der Waals surface area contributed by atoms with Crippen LogP contribution in [0.1, 0.15) is 31.4 Å². The van der Waals surface area contributed by atoms with Crippen molar-refractivity contribution in [2.45, 2.75) is 32.0 Å². The lowest BCUT2D eigenvalue weighted by Crippen LogP contribution is -2.45. The zero-order chi connectivity index (χ0) is 16.9. The van der Waals surface area contributed by atoms with E-state index in [0.717, 1.165) is 18.7 Å². The minimum absolute atomic E-state index is 0. The number of piperazine rings is 1. The monoisotopic (exact) mass is 404 g/mol. The zero-order valence-electron chi connectivity index (χ0n) is 14.0. The number of nitrogens with one attached hydrogen (secondary N) is 1. The number of phenolic OH excluding ortho intramolecular Hbond substituents is 1. The van der Waals surface area contributed by atoms with Crippen molar-refractivity contribution < 1.29 is 23.0 Å². The SMILES string of the molecule is CCOc1cc([C@H](CCC(F)(F)F)N2CCNCC2)ccc1O.Cl.Cl. The Kier molecular flexibility index (Phi) is 10.6. The number of alkyl halides is 3. The average Bonchev–Trinajstić information content (AvgIpc) is 2.51. The number of rotatable bonds is 6. The molecular weight excluding hydrogens is 380 g/mol. The topological polar surface area (TPSA) is 44.7 Å². The van der Waals surface area contributed by atoms with Crippen molar-refractivity contribution in [3.8, 4) is 11.5 Å². The molecule has 1 aromatic rings. The Hall–Kier alpha value is -0.890. The van der Waals surface area contributed by atoms with Gasteiger partial charge in [-0.3, -0.25) is 4.90 Å². The number of benzene rings is 1. The Bertz CT molecular complexity index is 513. The summed E-state index contributed by atoms with van der Waals surface area (Å²) in [6.07, 6.45) is -5.00. The normalized spacial score (nSPS) is 16.5. The Morgan fingerprint density at radius 1 is 1.24 bits per heavy atom. The third kappa shape index (κ3) is 7.48. The molecule has 0 saturated carbocycles. The highest BCUT2D eigenvalue weighted by molar-refractivity contribution is 5.85. The quantitative estimate of drug-likeness (QED) is 0.753. The maximum absolute atomic E-state index is 12.7. The van der Waals surface area contributed by atoms with E-state index < -0.39 is 12.6 Å². The van der Waals surface area contributed by atoms with Crippen LogP contribution in [-0.2, 0) is 0 Å². The molecule has 1 heterocycles. The van der Waals surface area contributed by atoms with Crippen LogP contribution in [-0.4, -0.2) is 49.0 Å². The molecule has 0 aliphatic carbocycles. The molecule has 2 N–H and O–H groups in total. The number of phenols is 1. The smallest absolute Gasteiger partial charge is 0.389 e. The minimum atomic E-state index is -4.17. The second-order valence-corrected chi connectivity index (χ2v) is 5.62. The third-order valence-corrected chi connectivity index (χ3v) is 3.96. The van der Waals surface area contributed by atoms with Crippen LogP contribution >= 0.6 is 24.8 Å². The summed E-state index contributed by atoms with van der Waals surface area (Å²) >= 11 is 0. The van der Waals surface area contributed by atoms with Crippen LogP contribution in [0.4, 0.5) is 13.2 Å². The van der Waals surface area contributed by atoms with Gasteiger partial charge in [-0.1, -0.05) is 6.07 Å². The first kappa shape index (κ1) is 24.1. The molecule has 2 rings (SSSR count). The van der Waals surface area contributed by atoms with Gasteiger partial charge in [0, 0.05) is 38.6 Å². The number of halogens is 5. The van der Waals surface area contributed by atoms with Crippen LogP contribution in [0.25, 0.3) is 0 Å². The zero-order valence-corrected chi connectivity index (χ0v) is 15.6. The maximum atomic E-state index is 12.7. The lowest BCUT2D eigenvalue weighted by atomic mass is 9.98. The molecule has 0 spiro atoms. The van der Waals surface area contributed by atoms with Gasteiger partial charge in [0.25, 0.3) is 0 Å². The van der Waals surface area contributed by atoms with Crippen molar-refractivity contribution in [3.05, 3.63) is 23.8 Å². The third-order valence-electron chi connectivity index (χ3n) is 3.96. The van der Waals surface area contributed by atoms with Gasteiger partial charge in [0.05, 0.1) is 6.61 Å². The lowest BCUT2D eigenvalue weighted by Gasteiger charge is -2.35. The predicted octanol–water partition coefficient (Wildman–Crippen LogP) is 3.92. The van der Waals surface area contributed by atoms with Crippen molar-refractivity contribution in [1.82, 2.24) is 10.2 Å². The Morgan fingerprint density at radius 3 is 2.44 bits per heavy atom. The number of hydrogen-bond acceptors (Lipinski definition) is 4. The molecule has 1 aliphatic heterocycles. The number of ether oxygens (including phenoxy) is 1. The molecule has 25 heavy (non-hydrogen) atoms. The van der Waals surface area contributed by atoms with Crippen LogP contribution in [0.15, 0.2) is 18.2 Å². The molecule has 4 nitrogen and oxygen atoms in total. The van der Waals surface area contributed by atoms with E-state index in [2.05, 4.69) is 10.2 Å². The molecule has 0 amide bonds. The van der Waals surface area contributed by atoms with E-state index in [1.807, 2.05) is 0 Å². The van der Waals surface area contributed by atoms with E-state index in [4.69, 9.17) is 4.74 Å². The molecule has 1 fully saturated rings. The molecule has 0 unspecified atom stereocenters. The van der Waals surface area contributed by atoms with Crippen molar-refractivity contribution in [1.29, 1.82) is 0 Å². The van der Waals surface area contributed by atoms with E-state index in [-0.39, 0.29) is 43.0 Å². The Balaban J connectivity index is 0.00000288. The average molecular weight is 405 g/mol. The molecule has 9 heteroatoms. The summed E-state index contributed by atoms with van der Waals surface area (Å²) < 4.78 is 43.4. The fraction of sp³-hybridized carbons (Fsp3) is 0.625. The van der Waals surface area contributed by atoms with Crippen LogP contribution in [0, 0.1) is 0 Å². The van der Waals surface area contributed by atoms with Gasteiger partial charge in [-0.25, -0.2) is 0 Å². The first-order valence-electron chi connectivity index (χ1n) is 7.88. The largest absolute Gasteiger partial charge is 0.504 e. The molecule has 0 bridgehead atoms. The van der Waals surface area contributed by atoms with E-state index in [1.54, 1.807) is 19.1 Å². The van der Waals surface area contributed by atoms with Crippen molar-refractivity contribution in [2.24, 2.45) is 0 Å². The van der Waals surface area contributed by atoms with E-state index >= 15 is 0 Å².